The fraction of sp³-hybridized carbons (Fsp3) is 0.0667. The van der Waals surface area contributed by atoms with Crippen molar-refractivity contribution in [3.05, 3.63) is 113 Å². The van der Waals surface area contributed by atoms with Gasteiger partial charge in [-0.05, 0) is 59.5 Å². The zero-order valence-corrected chi connectivity index (χ0v) is 19.3. The van der Waals surface area contributed by atoms with Gasteiger partial charge in [-0.3, -0.25) is 4.79 Å². The predicted octanol–water partition coefficient (Wildman–Crippen LogP) is 6.23. The second-order valence-electron chi connectivity index (χ2n) is 8.50. The van der Waals surface area contributed by atoms with Crippen molar-refractivity contribution < 1.29 is 28.5 Å². The monoisotopic (exact) mass is 476 g/mol. The van der Waals surface area contributed by atoms with Gasteiger partial charge in [-0.1, -0.05) is 54.6 Å². The largest absolute Gasteiger partial charge is 0.454 e. The maximum Gasteiger partial charge on any atom is 0.343 e. The number of Topliss-reactive ketones (excluding diaryl/α,β-unsaturated/α-hetero) is 1. The molecule has 0 radical (unpaired) electrons. The number of allylic oxidation sites excluding steroid dienone is 1. The average molecular weight is 476 g/mol. The minimum Gasteiger partial charge on any atom is -0.454 e. The summed E-state index contributed by atoms with van der Waals surface area (Å²) in [4.78, 5) is 25.7. The fourth-order valence-electron chi connectivity index (χ4n) is 4.28. The van der Waals surface area contributed by atoms with Crippen LogP contribution in [0.15, 0.2) is 90.7 Å². The SMILES string of the molecule is Cc1cc(OC(=O)c2ccc3c(c2)OCO3)cc2c1C(=O)/C(=C/c1ccc(-c3ccccc3)cc1)O2. The number of benzene rings is 4. The fourth-order valence-corrected chi connectivity index (χ4v) is 4.28. The van der Waals surface area contributed by atoms with E-state index in [1.54, 1.807) is 43.3 Å². The molecular weight excluding hydrogens is 456 g/mol. The Morgan fingerprint density at radius 3 is 2.39 bits per heavy atom. The van der Waals surface area contributed by atoms with Gasteiger partial charge in [0.15, 0.2) is 17.3 Å². The van der Waals surface area contributed by atoms with Crippen LogP contribution in [0.4, 0.5) is 0 Å². The van der Waals surface area contributed by atoms with Crippen LogP contribution in [0.1, 0.15) is 31.8 Å². The third-order valence-electron chi connectivity index (χ3n) is 6.08. The Labute approximate surface area is 207 Å². The molecule has 0 saturated heterocycles. The second kappa shape index (κ2) is 8.74. The molecule has 6 heteroatoms. The summed E-state index contributed by atoms with van der Waals surface area (Å²) in [7, 11) is 0. The standard InChI is InChI=1S/C30H20O6/c1-18-13-23(35-30(32)22-11-12-24-25(15-22)34-17-33-24)16-26-28(18)29(31)27(36-26)14-19-7-9-21(10-8-19)20-5-3-2-4-6-20/h2-16H,17H2,1H3/b27-14-. The molecule has 4 aromatic rings. The highest BCUT2D eigenvalue weighted by Gasteiger charge is 2.30. The maximum atomic E-state index is 13.0. The Morgan fingerprint density at radius 2 is 1.58 bits per heavy atom. The van der Waals surface area contributed by atoms with Gasteiger partial charge < -0.3 is 18.9 Å². The second-order valence-corrected chi connectivity index (χ2v) is 8.50. The number of carbonyl (C=O) groups is 2. The van der Waals surface area contributed by atoms with E-state index in [1.165, 1.54) is 0 Å². The molecule has 2 aliphatic heterocycles. The highest BCUT2D eigenvalue weighted by molar-refractivity contribution is 6.15. The van der Waals surface area contributed by atoms with E-state index in [0.717, 1.165) is 16.7 Å². The molecule has 6 rings (SSSR count). The van der Waals surface area contributed by atoms with Crippen molar-refractivity contribution >= 4 is 17.8 Å². The molecular formula is C30H20O6. The van der Waals surface area contributed by atoms with Crippen LogP contribution in [-0.2, 0) is 0 Å². The Kier molecular flexibility index (Phi) is 5.26. The number of carbonyl (C=O) groups excluding carboxylic acids is 2. The minimum absolute atomic E-state index is 0.121. The van der Waals surface area contributed by atoms with Gasteiger partial charge in [0.05, 0.1) is 11.1 Å². The molecule has 36 heavy (non-hydrogen) atoms. The molecule has 0 unspecified atom stereocenters. The first-order valence-electron chi connectivity index (χ1n) is 11.4. The highest BCUT2D eigenvalue weighted by Crippen LogP contribution is 2.38. The van der Waals surface area contributed by atoms with E-state index in [-0.39, 0.29) is 24.1 Å². The number of fused-ring (bicyclic) bond motifs is 2. The summed E-state index contributed by atoms with van der Waals surface area (Å²) in [6.07, 6.45) is 1.72. The molecule has 0 N–H and O–H groups in total. The normalized spacial score (nSPS) is 14.5. The number of aryl methyl sites for hydroxylation is 1. The van der Waals surface area contributed by atoms with E-state index >= 15 is 0 Å². The van der Waals surface area contributed by atoms with Crippen molar-refractivity contribution in [2.24, 2.45) is 0 Å². The van der Waals surface area contributed by atoms with Gasteiger partial charge in [-0.2, -0.15) is 0 Å². The van der Waals surface area contributed by atoms with Crippen molar-refractivity contribution in [1.82, 2.24) is 0 Å². The lowest BCUT2D eigenvalue weighted by molar-refractivity contribution is 0.0734. The molecule has 0 spiro atoms. The first-order chi connectivity index (χ1) is 17.5. The first-order valence-corrected chi connectivity index (χ1v) is 11.4. The summed E-state index contributed by atoms with van der Waals surface area (Å²) in [6, 6.07) is 26.0. The lowest BCUT2D eigenvalue weighted by Gasteiger charge is -2.08. The van der Waals surface area contributed by atoms with Gasteiger partial charge in [0.1, 0.15) is 11.5 Å². The summed E-state index contributed by atoms with van der Waals surface area (Å²) < 4.78 is 22.1. The summed E-state index contributed by atoms with van der Waals surface area (Å²) in [5.41, 5.74) is 4.51. The summed E-state index contributed by atoms with van der Waals surface area (Å²) in [5.74, 6) is 1.20. The van der Waals surface area contributed by atoms with Crippen LogP contribution in [-0.4, -0.2) is 18.5 Å². The van der Waals surface area contributed by atoms with Crippen LogP contribution in [0.25, 0.3) is 17.2 Å². The van der Waals surface area contributed by atoms with Crippen LogP contribution < -0.4 is 18.9 Å². The van der Waals surface area contributed by atoms with Crippen LogP contribution in [0, 0.1) is 6.92 Å². The van der Waals surface area contributed by atoms with Gasteiger partial charge in [-0.25, -0.2) is 4.79 Å². The lowest BCUT2D eigenvalue weighted by atomic mass is 10.0. The van der Waals surface area contributed by atoms with Gasteiger partial charge in [-0.15, -0.1) is 0 Å². The van der Waals surface area contributed by atoms with Crippen molar-refractivity contribution in [2.45, 2.75) is 6.92 Å². The molecule has 4 aromatic carbocycles. The zero-order valence-electron chi connectivity index (χ0n) is 19.3. The topological polar surface area (TPSA) is 71.1 Å². The Hall–Kier alpha value is -4.84. The van der Waals surface area contributed by atoms with Gasteiger partial charge in [0.2, 0.25) is 12.6 Å². The van der Waals surface area contributed by atoms with Crippen LogP contribution in [0.3, 0.4) is 0 Å². The average Bonchev–Trinajstić information content (AvgIpc) is 3.49. The molecule has 6 nitrogen and oxygen atoms in total. The van der Waals surface area contributed by atoms with E-state index in [1.807, 2.05) is 54.6 Å². The maximum absolute atomic E-state index is 13.0. The first kappa shape index (κ1) is 21.7. The van der Waals surface area contributed by atoms with Crippen LogP contribution >= 0.6 is 0 Å². The molecule has 0 saturated carbocycles. The van der Waals surface area contributed by atoms with Crippen molar-refractivity contribution in [3.8, 4) is 34.1 Å². The minimum atomic E-state index is -0.550. The van der Waals surface area contributed by atoms with E-state index in [9.17, 15) is 9.59 Å². The van der Waals surface area contributed by atoms with Crippen molar-refractivity contribution in [2.75, 3.05) is 6.79 Å². The molecule has 2 heterocycles. The zero-order chi connectivity index (χ0) is 24.6. The van der Waals surface area contributed by atoms with Crippen LogP contribution in [0.5, 0.6) is 23.0 Å². The Morgan fingerprint density at radius 1 is 0.833 bits per heavy atom. The number of esters is 1. The van der Waals surface area contributed by atoms with Crippen molar-refractivity contribution in [1.29, 1.82) is 0 Å². The molecule has 176 valence electrons. The number of hydrogen-bond acceptors (Lipinski definition) is 6. The number of rotatable bonds is 4. The predicted molar refractivity (Wildman–Crippen MR) is 134 cm³/mol. The van der Waals surface area contributed by atoms with E-state index in [0.29, 0.717) is 33.9 Å². The molecule has 2 aliphatic rings. The molecule has 0 aliphatic carbocycles. The lowest BCUT2D eigenvalue weighted by Crippen LogP contribution is -2.08. The molecule has 0 atom stereocenters. The number of ether oxygens (including phenoxy) is 4. The highest BCUT2D eigenvalue weighted by atomic mass is 16.7. The quantitative estimate of drug-likeness (QED) is 0.198. The van der Waals surface area contributed by atoms with Crippen molar-refractivity contribution in [3.63, 3.8) is 0 Å². The van der Waals surface area contributed by atoms with Gasteiger partial charge >= 0.3 is 5.97 Å². The molecule has 0 aromatic heterocycles. The summed E-state index contributed by atoms with van der Waals surface area (Å²) in [6.45, 7) is 1.91. The number of hydrogen-bond donors (Lipinski definition) is 0. The third kappa shape index (κ3) is 3.99. The number of ketones is 1. The smallest absolute Gasteiger partial charge is 0.343 e. The molecule has 0 amide bonds. The van der Waals surface area contributed by atoms with Gasteiger partial charge in [0.25, 0.3) is 0 Å². The summed E-state index contributed by atoms with van der Waals surface area (Å²) in [5, 5.41) is 0. The third-order valence-corrected chi connectivity index (χ3v) is 6.08. The van der Waals surface area contributed by atoms with E-state index in [4.69, 9.17) is 18.9 Å². The Bertz CT molecular complexity index is 1530. The van der Waals surface area contributed by atoms with Crippen LogP contribution in [0.2, 0.25) is 0 Å². The Balaban J connectivity index is 1.22. The molecule has 0 fully saturated rings. The molecule has 0 bridgehead atoms. The van der Waals surface area contributed by atoms with E-state index < -0.39 is 5.97 Å². The summed E-state index contributed by atoms with van der Waals surface area (Å²) >= 11 is 0. The van der Waals surface area contributed by atoms with Gasteiger partial charge in [0, 0.05) is 6.07 Å². The van der Waals surface area contributed by atoms with E-state index in [2.05, 4.69) is 0 Å².